The van der Waals surface area contributed by atoms with E-state index in [9.17, 15) is 4.79 Å². The van der Waals surface area contributed by atoms with Gasteiger partial charge in [-0.1, -0.05) is 72.3 Å². The molecule has 0 unspecified atom stereocenters. The topological polar surface area (TPSA) is 29.1 Å². The summed E-state index contributed by atoms with van der Waals surface area (Å²) >= 11 is 1.56. The van der Waals surface area contributed by atoms with E-state index in [4.69, 9.17) is 0 Å². The molecule has 1 N–H and O–H groups in total. The summed E-state index contributed by atoms with van der Waals surface area (Å²) < 4.78 is 0. The zero-order chi connectivity index (χ0) is 18.4. The van der Waals surface area contributed by atoms with Crippen LogP contribution in [0.2, 0.25) is 0 Å². The Bertz CT molecular complexity index is 859. The monoisotopic (exact) mass is 361 g/mol. The quantitative estimate of drug-likeness (QED) is 0.604. The number of rotatable bonds is 6. The molecule has 132 valence electrons. The van der Waals surface area contributed by atoms with E-state index in [0.717, 1.165) is 16.0 Å². The lowest BCUT2D eigenvalue weighted by Gasteiger charge is -2.21. The van der Waals surface area contributed by atoms with Gasteiger partial charge in [-0.05, 0) is 42.7 Å². The molecule has 3 heteroatoms. The van der Waals surface area contributed by atoms with Crippen molar-refractivity contribution in [3.8, 4) is 0 Å². The van der Waals surface area contributed by atoms with Gasteiger partial charge >= 0.3 is 0 Å². The third kappa shape index (κ3) is 4.77. The fourth-order valence-electron chi connectivity index (χ4n) is 2.88. The fraction of sp³-hybridized carbons (Fsp3) is 0.174. The highest BCUT2D eigenvalue weighted by Crippen LogP contribution is 2.25. The van der Waals surface area contributed by atoms with Crippen molar-refractivity contribution in [1.29, 1.82) is 0 Å². The largest absolute Gasteiger partial charge is 0.344 e. The molecule has 1 amide bonds. The standard InChI is InChI=1S/C23H23NOS/c1-17-12-14-20(15-13-17)26-16-22(25)24-23(19-9-4-3-5-10-19)21-11-7-6-8-18(21)2/h3-15,23H,16H2,1-2H3,(H,24,25)/t23-/m0/s1. The van der Waals surface area contributed by atoms with Crippen LogP contribution in [-0.4, -0.2) is 11.7 Å². The van der Waals surface area contributed by atoms with E-state index in [-0.39, 0.29) is 11.9 Å². The number of aryl methyl sites for hydroxylation is 2. The molecule has 0 bridgehead atoms. The molecule has 1 atom stereocenters. The molecule has 0 aliphatic rings. The highest BCUT2D eigenvalue weighted by atomic mass is 32.2. The smallest absolute Gasteiger partial charge is 0.231 e. The summed E-state index contributed by atoms with van der Waals surface area (Å²) in [6.07, 6.45) is 0. The average Bonchev–Trinajstić information content (AvgIpc) is 2.67. The van der Waals surface area contributed by atoms with Gasteiger partial charge in [-0.25, -0.2) is 0 Å². The molecule has 3 aromatic carbocycles. The van der Waals surface area contributed by atoms with E-state index < -0.39 is 0 Å². The maximum Gasteiger partial charge on any atom is 0.231 e. The number of hydrogen-bond acceptors (Lipinski definition) is 2. The minimum absolute atomic E-state index is 0.0349. The molecule has 0 aliphatic heterocycles. The van der Waals surface area contributed by atoms with Crippen molar-refractivity contribution >= 4 is 17.7 Å². The molecule has 26 heavy (non-hydrogen) atoms. The average molecular weight is 362 g/mol. The number of hydrogen-bond donors (Lipinski definition) is 1. The normalized spacial score (nSPS) is 11.8. The third-order valence-electron chi connectivity index (χ3n) is 4.33. The molecule has 0 fully saturated rings. The van der Waals surface area contributed by atoms with Crippen LogP contribution < -0.4 is 5.32 Å². The zero-order valence-electron chi connectivity index (χ0n) is 15.1. The van der Waals surface area contributed by atoms with Crippen molar-refractivity contribution in [2.45, 2.75) is 24.8 Å². The number of benzene rings is 3. The van der Waals surface area contributed by atoms with Crippen molar-refractivity contribution in [3.05, 3.63) is 101 Å². The fourth-order valence-corrected chi connectivity index (χ4v) is 3.59. The minimum Gasteiger partial charge on any atom is -0.344 e. The first kappa shape index (κ1) is 18.3. The van der Waals surface area contributed by atoms with Gasteiger partial charge in [0.15, 0.2) is 0 Å². The van der Waals surface area contributed by atoms with Crippen molar-refractivity contribution in [1.82, 2.24) is 5.32 Å². The van der Waals surface area contributed by atoms with Crippen LogP contribution in [0.3, 0.4) is 0 Å². The van der Waals surface area contributed by atoms with Gasteiger partial charge in [-0.2, -0.15) is 0 Å². The Balaban J connectivity index is 1.74. The second kappa shape index (κ2) is 8.72. The lowest BCUT2D eigenvalue weighted by Crippen LogP contribution is -2.31. The van der Waals surface area contributed by atoms with E-state index in [1.807, 2.05) is 30.3 Å². The summed E-state index contributed by atoms with van der Waals surface area (Å²) in [6.45, 7) is 4.15. The summed E-state index contributed by atoms with van der Waals surface area (Å²) in [5.41, 5.74) is 4.62. The van der Waals surface area contributed by atoms with Gasteiger partial charge in [-0.15, -0.1) is 11.8 Å². The SMILES string of the molecule is Cc1ccc(SCC(=O)N[C@@H](c2ccccc2)c2ccccc2C)cc1. The summed E-state index contributed by atoms with van der Waals surface area (Å²) in [6, 6.07) is 26.5. The Morgan fingerprint density at radius 2 is 1.54 bits per heavy atom. The molecule has 0 radical (unpaired) electrons. The first-order valence-corrected chi connectivity index (χ1v) is 9.71. The maximum absolute atomic E-state index is 12.6. The van der Waals surface area contributed by atoms with Crippen LogP contribution in [0.5, 0.6) is 0 Å². The molecule has 0 aromatic heterocycles. The highest BCUT2D eigenvalue weighted by Gasteiger charge is 2.18. The van der Waals surface area contributed by atoms with Gasteiger partial charge in [0.25, 0.3) is 0 Å². The second-order valence-electron chi connectivity index (χ2n) is 6.37. The minimum atomic E-state index is -0.136. The first-order chi connectivity index (χ1) is 12.6. The van der Waals surface area contributed by atoms with Crippen LogP contribution in [0.1, 0.15) is 28.3 Å². The molecule has 3 rings (SSSR count). The van der Waals surface area contributed by atoms with Gasteiger partial charge in [0.05, 0.1) is 11.8 Å². The Morgan fingerprint density at radius 1 is 0.885 bits per heavy atom. The Kier molecular flexibility index (Phi) is 6.13. The number of carbonyl (C=O) groups excluding carboxylic acids is 1. The molecular formula is C23H23NOS. The summed E-state index contributed by atoms with van der Waals surface area (Å²) in [5, 5.41) is 3.21. The lowest BCUT2D eigenvalue weighted by molar-refractivity contribution is -0.119. The predicted octanol–water partition coefficient (Wildman–Crippen LogP) is 5.30. The van der Waals surface area contributed by atoms with E-state index >= 15 is 0 Å². The van der Waals surface area contributed by atoms with Gasteiger partial charge in [0, 0.05) is 4.90 Å². The van der Waals surface area contributed by atoms with Gasteiger partial charge in [0.1, 0.15) is 0 Å². The molecule has 0 aliphatic carbocycles. The van der Waals surface area contributed by atoms with Crippen LogP contribution in [-0.2, 0) is 4.79 Å². The number of carbonyl (C=O) groups is 1. The van der Waals surface area contributed by atoms with Crippen LogP contribution in [0.25, 0.3) is 0 Å². The van der Waals surface area contributed by atoms with E-state index in [2.05, 4.69) is 67.7 Å². The van der Waals surface area contributed by atoms with Gasteiger partial charge in [0.2, 0.25) is 5.91 Å². The number of amides is 1. The Hall–Kier alpha value is -2.52. The molecule has 0 heterocycles. The first-order valence-electron chi connectivity index (χ1n) is 8.73. The van der Waals surface area contributed by atoms with Crippen molar-refractivity contribution < 1.29 is 4.79 Å². The molecule has 0 saturated heterocycles. The number of thioether (sulfide) groups is 1. The van der Waals surface area contributed by atoms with Crippen LogP contribution >= 0.6 is 11.8 Å². The highest BCUT2D eigenvalue weighted by molar-refractivity contribution is 8.00. The molecule has 2 nitrogen and oxygen atoms in total. The maximum atomic E-state index is 12.6. The zero-order valence-corrected chi connectivity index (χ0v) is 15.9. The van der Waals surface area contributed by atoms with E-state index in [1.165, 1.54) is 11.1 Å². The Morgan fingerprint density at radius 3 is 2.23 bits per heavy atom. The number of nitrogens with one attached hydrogen (secondary N) is 1. The second-order valence-corrected chi connectivity index (χ2v) is 7.42. The van der Waals surface area contributed by atoms with E-state index in [1.54, 1.807) is 11.8 Å². The molecule has 0 spiro atoms. The van der Waals surface area contributed by atoms with Crippen LogP contribution in [0.15, 0.2) is 83.8 Å². The molecule has 0 saturated carbocycles. The van der Waals surface area contributed by atoms with Gasteiger partial charge < -0.3 is 5.32 Å². The lowest BCUT2D eigenvalue weighted by atomic mass is 9.95. The van der Waals surface area contributed by atoms with Crippen molar-refractivity contribution in [3.63, 3.8) is 0 Å². The van der Waals surface area contributed by atoms with E-state index in [0.29, 0.717) is 5.75 Å². The van der Waals surface area contributed by atoms with Gasteiger partial charge in [-0.3, -0.25) is 4.79 Å². The van der Waals surface area contributed by atoms with Crippen LogP contribution in [0.4, 0.5) is 0 Å². The summed E-state index contributed by atoms with van der Waals surface area (Å²) in [5.74, 6) is 0.436. The summed E-state index contributed by atoms with van der Waals surface area (Å²) in [7, 11) is 0. The molecular weight excluding hydrogens is 338 g/mol. The van der Waals surface area contributed by atoms with Crippen LogP contribution in [0, 0.1) is 13.8 Å². The molecule has 3 aromatic rings. The Labute approximate surface area is 159 Å². The van der Waals surface area contributed by atoms with Crippen molar-refractivity contribution in [2.24, 2.45) is 0 Å². The summed E-state index contributed by atoms with van der Waals surface area (Å²) in [4.78, 5) is 13.7. The van der Waals surface area contributed by atoms with Crippen molar-refractivity contribution in [2.75, 3.05) is 5.75 Å². The third-order valence-corrected chi connectivity index (χ3v) is 5.34. The predicted molar refractivity (Wildman–Crippen MR) is 110 cm³/mol.